The Morgan fingerprint density at radius 1 is 1.00 bits per heavy atom. The topological polar surface area (TPSA) is 78.4 Å². The van der Waals surface area contributed by atoms with Gasteiger partial charge in [-0.05, 0) is 60.4 Å². The van der Waals surface area contributed by atoms with Crippen molar-refractivity contribution in [1.29, 1.82) is 0 Å². The first kappa shape index (κ1) is 25.5. The van der Waals surface area contributed by atoms with Gasteiger partial charge in [-0.2, -0.15) is 11.8 Å². The predicted octanol–water partition coefficient (Wildman–Crippen LogP) is 3.93. The van der Waals surface area contributed by atoms with E-state index in [9.17, 15) is 14.7 Å². The van der Waals surface area contributed by atoms with Gasteiger partial charge in [0, 0.05) is 11.5 Å². The van der Waals surface area contributed by atoms with E-state index in [0.29, 0.717) is 5.75 Å². The van der Waals surface area contributed by atoms with Crippen molar-refractivity contribution in [2.45, 2.75) is 59.4 Å². The quantitative estimate of drug-likeness (QED) is 0.306. The Hall–Kier alpha value is -1.53. The van der Waals surface area contributed by atoms with Crippen molar-refractivity contribution in [3.63, 3.8) is 0 Å². The fourth-order valence-electron chi connectivity index (χ4n) is 2.31. The summed E-state index contributed by atoms with van der Waals surface area (Å²) in [7, 11) is 1.65. The molecule has 0 fully saturated rings. The van der Waals surface area contributed by atoms with Crippen LogP contribution in [0.4, 0.5) is 0 Å². The number of amides is 1. The number of rotatable bonds is 14. The molecular formula is C21H36N2O3S. The van der Waals surface area contributed by atoms with E-state index in [1.165, 1.54) is 28.5 Å². The number of hydrogen-bond donors (Lipinski definition) is 3. The highest BCUT2D eigenvalue weighted by Gasteiger charge is 2.18. The van der Waals surface area contributed by atoms with Gasteiger partial charge in [-0.3, -0.25) is 4.79 Å². The first-order chi connectivity index (χ1) is 12.8. The zero-order valence-electron chi connectivity index (χ0n) is 17.4. The molecule has 1 atom stereocenters. The van der Waals surface area contributed by atoms with Crippen LogP contribution in [0.25, 0.3) is 0 Å². The third kappa shape index (κ3) is 15.2. The normalized spacial score (nSPS) is 13.2. The van der Waals surface area contributed by atoms with Crippen molar-refractivity contribution in [3.05, 3.63) is 34.9 Å². The number of carboxylic acids is 1. The molecule has 0 aromatic heterocycles. The van der Waals surface area contributed by atoms with Gasteiger partial charge in [-0.25, -0.2) is 4.79 Å². The molecule has 5 nitrogen and oxygen atoms in total. The second-order valence-electron chi connectivity index (χ2n) is 6.99. The van der Waals surface area contributed by atoms with Gasteiger partial charge in [0.25, 0.3) is 0 Å². The zero-order valence-corrected chi connectivity index (χ0v) is 18.2. The molecule has 0 spiro atoms. The Morgan fingerprint density at radius 2 is 1.59 bits per heavy atom. The van der Waals surface area contributed by atoms with E-state index in [1.807, 2.05) is 0 Å². The molecule has 0 saturated heterocycles. The number of likely N-dealkylation sites (N-methyl/N-ethyl adjacent to an activating group) is 1. The maximum absolute atomic E-state index is 11.5. The van der Waals surface area contributed by atoms with Crippen LogP contribution in [-0.2, 0) is 9.59 Å². The van der Waals surface area contributed by atoms with E-state index < -0.39 is 12.0 Å². The lowest BCUT2D eigenvalue weighted by Crippen LogP contribution is -2.45. The van der Waals surface area contributed by atoms with Crippen LogP contribution < -0.4 is 10.6 Å². The summed E-state index contributed by atoms with van der Waals surface area (Å²) < 4.78 is 0. The minimum atomic E-state index is -0.999. The molecule has 0 aliphatic heterocycles. The molecule has 3 N–H and O–H groups in total. The molecule has 0 aliphatic carbocycles. The number of allylic oxidation sites excluding steroid dienone is 5. The number of carbonyl (C=O) groups is 2. The van der Waals surface area contributed by atoms with E-state index in [-0.39, 0.29) is 12.5 Å². The smallest absolute Gasteiger partial charge is 0.327 e. The lowest BCUT2D eigenvalue weighted by Gasteiger charge is -2.13. The summed E-state index contributed by atoms with van der Waals surface area (Å²) in [5, 5.41) is 14.4. The van der Waals surface area contributed by atoms with E-state index >= 15 is 0 Å². The number of thioether (sulfide) groups is 1. The van der Waals surface area contributed by atoms with Gasteiger partial charge < -0.3 is 15.7 Å². The maximum atomic E-state index is 11.5. The van der Waals surface area contributed by atoms with Crippen LogP contribution in [0.1, 0.15) is 53.4 Å². The van der Waals surface area contributed by atoms with Gasteiger partial charge in [0.15, 0.2) is 0 Å². The van der Waals surface area contributed by atoms with Crippen LogP contribution in [0.3, 0.4) is 0 Å². The Balaban J connectivity index is 4.14. The summed E-state index contributed by atoms with van der Waals surface area (Å²) in [4.78, 5) is 22.7. The average Bonchev–Trinajstić information content (AvgIpc) is 2.57. The highest BCUT2D eigenvalue weighted by atomic mass is 32.2. The molecule has 27 heavy (non-hydrogen) atoms. The van der Waals surface area contributed by atoms with Gasteiger partial charge in [-0.1, -0.05) is 34.9 Å². The highest BCUT2D eigenvalue weighted by molar-refractivity contribution is 7.99. The first-order valence-corrected chi connectivity index (χ1v) is 10.6. The molecule has 0 radical (unpaired) electrons. The number of aliphatic carboxylic acids is 1. The van der Waals surface area contributed by atoms with Gasteiger partial charge in [0.05, 0.1) is 6.54 Å². The van der Waals surface area contributed by atoms with E-state index in [0.717, 1.165) is 31.4 Å². The van der Waals surface area contributed by atoms with E-state index in [1.54, 1.807) is 7.05 Å². The molecule has 154 valence electrons. The fraction of sp³-hybridized carbons (Fsp3) is 0.619. The maximum Gasteiger partial charge on any atom is 0.327 e. The van der Waals surface area contributed by atoms with Crippen LogP contribution in [0.5, 0.6) is 0 Å². The zero-order chi connectivity index (χ0) is 20.7. The SMILES string of the molecule is CNCC(=O)NC(CSC/C=C(\C)CC/C=C(\C)CCC=C(C)C)C(=O)O. The standard InChI is InChI=1S/C21H36N2O3S/c1-16(2)8-6-9-17(3)10-7-11-18(4)12-13-27-15-19(21(25)26)23-20(24)14-22-5/h8,10,12,19,22H,6-7,9,11,13-15H2,1-5H3,(H,23,24)(H,25,26)/b17-10+,18-12+. The second kappa shape index (κ2) is 15.5. The average molecular weight is 397 g/mol. The summed E-state index contributed by atoms with van der Waals surface area (Å²) >= 11 is 1.52. The third-order valence-electron chi connectivity index (χ3n) is 3.93. The predicted molar refractivity (Wildman–Crippen MR) is 116 cm³/mol. The van der Waals surface area contributed by atoms with Gasteiger partial charge in [-0.15, -0.1) is 0 Å². The van der Waals surface area contributed by atoms with Crippen molar-refractivity contribution < 1.29 is 14.7 Å². The summed E-state index contributed by atoms with van der Waals surface area (Å²) in [6.07, 6.45) is 11.0. The molecule has 0 aromatic carbocycles. The van der Waals surface area contributed by atoms with Gasteiger partial charge >= 0.3 is 5.97 Å². The summed E-state index contributed by atoms with van der Waals surface area (Å²) in [6, 6.07) is -0.851. The summed E-state index contributed by atoms with van der Waals surface area (Å²) in [6.45, 7) is 8.66. The lowest BCUT2D eigenvalue weighted by molar-refractivity contribution is -0.140. The molecule has 0 bridgehead atoms. The minimum absolute atomic E-state index is 0.120. The van der Waals surface area contributed by atoms with Crippen molar-refractivity contribution >= 4 is 23.6 Å². The largest absolute Gasteiger partial charge is 0.480 e. The van der Waals surface area contributed by atoms with Crippen molar-refractivity contribution in [2.75, 3.05) is 25.1 Å². The fourth-order valence-corrected chi connectivity index (χ4v) is 3.31. The van der Waals surface area contributed by atoms with E-state index in [2.05, 4.69) is 56.6 Å². The Morgan fingerprint density at radius 3 is 2.15 bits per heavy atom. The Bertz CT molecular complexity index is 550. The van der Waals surface area contributed by atoms with Crippen LogP contribution in [0.2, 0.25) is 0 Å². The number of carboxylic acid groups (broad SMARTS) is 1. The Kier molecular flexibility index (Phi) is 14.6. The van der Waals surface area contributed by atoms with Crippen molar-refractivity contribution in [3.8, 4) is 0 Å². The van der Waals surface area contributed by atoms with E-state index in [4.69, 9.17) is 0 Å². The summed E-state index contributed by atoms with van der Waals surface area (Å²) in [5.74, 6) is -0.191. The Labute approximate surface area is 168 Å². The summed E-state index contributed by atoms with van der Waals surface area (Å²) in [5.41, 5.74) is 4.10. The van der Waals surface area contributed by atoms with Crippen LogP contribution in [0.15, 0.2) is 34.9 Å². The van der Waals surface area contributed by atoms with Crippen LogP contribution in [-0.4, -0.2) is 48.1 Å². The molecule has 1 amide bonds. The van der Waals surface area contributed by atoms with Crippen molar-refractivity contribution in [1.82, 2.24) is 10.6 Å². The molecule has 0 aromatic rings. The van der Waals surface area contributed by atoms with Gasteiger partial charge in [0.2, 0.25) is 5.91 Å². The molecule has 1 unspecified atom stereocenters. The number of hydrogen-bond acceptors (Lipinski definition) is 4. The monoisotopic (exact) mass is 396 g/mol. The number of carbonyl (C=O) groups excluding carboxylic acids is 1. The minimum Gasteiger partial charge on any atom is -0.480 e. The van der Waals surface area contributed by atoms with Crippen LogP contribution >= 0.6 is 11.8 Å². The van der Waals surface area contributed by atoms with Crippen LogP contribution in [0, 0.1) is 0 Å². The molecule has 0 saturated carbocycles. The third-order valence-corrected chi connectivity index (χ3v) is 4.90. The molecule has 0 aliphatic rings. The molecular weight excluding hydrogens is 360 g/mol. The highest BCUT2D eigenvalue weighted by Crippen LogP contribution is 2.13. The second-order valence-corrected chi connectivity index (χ2v) is 8.06. The number of nitrogens with one attached hydrogen (secondary N) is 2. The van der Waals surface area contributed by atoms with Gasteiger partial charge in [0.1, 0.15) is 6.04 Å². The van der Waals surface area contributed by atoms with Crippen molar-refractivity contribution in [2.24, 2.45) is 0 Å². The molecule has 6 heteroatoms. The molecule has 0 rings (SSSR count). The molecule has 0 heterocycles. The lowest BCUT2D eigenvalue weighted by atomic mass is 10.1. The first-order valence-electron chi connectivity index (χ1n) is 9.45.